The maximum atomic E-state index is 12.3. The number of aryl methyl sites for hydroxylation is 2. The summed E-state index contributed by atoms with van der Waals surface area (Å²) in [6.07, 6.45) is 3.62. The standard InChI is InChI=1S/C23H26ClNO5S2.Na.H/c1-2-5-17-7-13-21-18(16-23(32(28,29)30)22(21)14-8-17)6-3-4-15-25-31(26,27)20-11-9-19(24)10-12-20;;/h7-14,16,25H,2-6,15H2,1H3,(H,28,29,30);;/q;+1;-1. The number of halogens is 1. The Bertz CT molecular complexity index is 1270. The van der Waals surface area contributed by atoms with Gasteiger partial charge in [-0.05, 0) is 72.7 Å². The van der Waals surface area contributed by atoms with Crippen LogP contribution < -0.4 is 34.3 Å². The van der Waals surface area contributed by atoms with Gasteiger partial charge in [0.2, 0.25) is 10.0 Å². The molecular formula is C23H27ClNNaO5S2. The summed E-state index contributed by atoms with van der Waals surface area (Å²) >= 11 is 5.80. The summed E-state index contributed by atoms with van der Waals surface area (Å²) in [5, 5.41) is 0.463. The van der Waals surface area contributed by atoms with Crippen LogP contribution in [0.5, 0.6) is 0 Å². The minimum absolute atomic E-state index is 0. The van der Waals surface area contributed by atoms with Gasteiger partial charge >= 0.3 is 29.6 Å². The molecule has 0 bridgehead atoms. The summed E-state index contributed by atoms with van der Waals surface area (Å²) in [4.78, 5) is 0.0571. The second-order valence-corrected chi connectivity index (χ2v) is 11.2. The van der Waals surface area contributed by atoms with Crippen molar-refractivity contribution in [1.82, 2.24) is 4.72 Å². The van der Waals surface area contributed by atoms with Gasteiger partial charge in [0.25, 0.3) is 10.1 Å². The van der Waals surface area contributed by atoms with Crippen molar-refractivity contribution in [3.63, 3.8) is 0 Å². The number of unbranched alkanes of at least 4 members (excludes halogenated alkanes) is 1. The normalized spacial score (nSPS) is 12.0. The average Bonchev–Trinajstić information content (AvgIpc) is 2.95. The van der Waals surface area contributed by atoms with Crippen molar-refractivity contribution in [2.45, 2.75) is 48.8 Å². The molecule has 0 fully saturated rings. The van der Waals surface area contributed by atoms with Gasteiger partial charge in [-0.15, -0.1) is 0 Å². The van der Waals surface area contributed by atoms with E-state index in [0.29, 0.717) is 29.8 Å². The molecule has 0 amide bonds. The molecule has 0 aliphatic heterocycles. The molecule has 0 aromatic heterocycles. The predicted octanol–water partition coefficient (Wildman–Crippen LogP) is 2.06. The molecule has 174 valence electrons. The predicted molar refractivity (Wildman–Crippen MR) is 128 cm³/mol. The van der Waals surface area contributed by atoms with E-state index in [0.717, 1.165) is 29.5 Å². The molecule has 2 aliphatic carbocycles. The van der Waals surface area contributed by atoms with Crippen LogP contribution in [0.2, 0.25) is 5.02 Å². The average molecular weight is 520 g/mol. The van der Waals surface area contributed by atoms with Crippen molar-refractivity contribution in [2.24, 2.45) is 0 Å². The monoisotopic (exact) mass is 519 g/mol. The first-order chi connectivity index (χ1) is 15.1. The smallest absolute Gasteiger partial charge is 1.00 e. The summed E-state index contributed by atoms with van der Waals surface area (Å²) in [6.45, 7) is 2.33. The molecule has 0 saturated carbocycles. The Morgan fingerprint density at radius 2 is 1.55 bits per heavy atom. The Balaban J connectivity index is 0.00000289. The summed E-state index contributed by atoms with van der Waals surface area (Å²) in [6, 6.07) is 15.0. The number of sulfonamides is 1. The quantitative estimate of drug-likeness (QED) is 0.243. The number of hydrogen-bond donors (Lipinski definition) is 2. The molecule has 33 heavy (non-hydrogen) atoms. The maximum Gasteiger partial charge on any atom is 1.00 e. The Morgan fingerprint density at radius 1 is 0.909 bits per heavy atom. The van der Waals surface area contributed by atoms with Crippen LogP contribution in [0.4, 0.5) is 0 Å². The number of nitrogens with one attached hydrogen (secondary N) is 1. The van der Waals surface area contributed by atoms with Crippen molar-refractivity contribution < 1.29 is 52.4 Å². The third-order valence-corrected chi connectivity index (χ3v) is 7.86. The van der Waals surface area contributed by atoms with E-state index in [1.54, 1.807) is 6.07 Å². The van der Waals surface area contributed by atoms with Gasteiger partial charge in [-0.1, -0.05) is 49.2 Å². The van der Waals surface area contributed by atoms with Gasteiger partial charge in [-0.25, -0.2) is 13.1 Å². The van der Waals surface area contributed by atoms with E-state index < -0.39 is 20.1 Å². The fourth-order valence-corrected chi connectivity index (χ4v) is 5.59. The minimum atomic E-state index is -4.35. The summed E-state index contributed by atoms with van der Waals surface area (Å²) < 4.78 is 60.7. The zero-order valence-electron chi connectivity index (χ0n) is 19.7. The van der Waals surface area contributed by atoms with Crippen LogP contribution in [-0.4, -0.2) is 27.9 Å². The van der Waals surface area contributed by atoms with E-state index in [9.17, 15) is 21.4 Å². The van der Waals surface area contributed by atoms with E-state index >= 15 is 0 Å². The zero-order chi connectivity index (χ0) is 23.4. The van der Waals surface area contributed by atoms with Gasteiger partial charge in [0.15, 0.2) is 0 Å². The number of benzene rings is 1. The second-order valence-electron chi connectivity index (χ2n) is 7.64. The van der Waals surface area contributed by atoms with Gasteiger partial charge in [0.1, 0.15) is 4.90 Å². The minimum Gasteiger partial charge on any atom is -1.00 e. The summed E-state index contributed by atoms with van der Waals surface area (Å²) in [7, 11) is -7.97. The van der Waals surface area contributed by atoms with Crippen LogP contribution >= 0.6 is 11.6 Å². The first-order valence-corrected chi connectivity index (χ1v) is 13.7. The van der Waals surface area contributed by atoms with Crippen LogP contribution in [0.3, 0.4) is 0 Å². The first-order valence-electron chi connectivity index (χ1n) is 10.4. The van der Waals surface area contributed by atoms with E-state index in [1.807, 2.05) is 18.2 Å². The molecule has 0 spiro atoms. The molecule has 3 rings (SSSR count). The van der Waals surface area contributed by atoms with E-state index in [2.05, 4.69) is 11.6 Å². The summed E-state index contributed by atoms with van der Waals surface area (Å²) in [5.41, 5.74) is 3.18. The van der Waals surface area contributed by atoms with E-state index in [4.69, 9.17) is 11.6 Å². The Morgan fingerprint density at radius 3 is 2.15 bits per heavy atom. The molecule has 0 radical (unpaired) electrons. The van der Waals surface area contributed by atoms with Crippen LogP contribution in [0.15, 0.2) is 64.4 Å². The molecule has 0 heterocycles. The Hall–Kier alpha value is -0.970. The van der Waals surface area contributed by atoms with Crippen LogP contribution in [-0.2, 0) is 33.0 Å². The molecular weight excluding hydrogens is 493 g/mol. The van der Waals surface area contributed by atoms with Crippen LogP contribution in [0, 0.1) is 0 Å². The Kier molecular flexibility index (Phi) is 10.4. The van der Waals surface area contributed by atoms with Gasteiger partial charge in [-0.2, -0.15) is 8.42 Å². The molecule has 10 heteroatoms. The van der Waals surface area contributed by atoms with Gasteiger partial charge in [0.05, 0.1) is 4.90 Å². The second kappa shape index (κ2) is 12.1. The fourth-order valence-electron chi connectivity index (χ4n) is 3.64. The number of fused-ring (bicyclic) bond motifs is 1. The van der Waals surface area contributed by atoms with Crippen molar-refractivity contribution in [3.05, 3.63) is 70.7 Å². The molecule has 2 aliphatic rings. The third kappa shape index (κ3) is 7.50. The third-order valence-electron chi connectivity index (χ3n) is 5.24. The van der Waals surface area contributed by atoms with Gasteiger partial charge in [0, 0.05) is 17.1 Å². The molecule has 6 nitrogen and oxygen atoms in total. The van der Waals surface area contributed by atoms with E-state index in [-0.39, 0.29) is 47.3 Å². The largest absolute Gasteiger partial charge is 1.00 e. The molecule has 0 atom stereocenters. The molecule has 2 N–H and O–H groups in total. The van der Waals surface area contributed by atoms with Crippen molar-refractivity contribution >= 4 is 31.7 Å². The number of hydrogen-bond acceptors (Lipinski definition) is 4. The number of rotatable bonds is 10. The van der Waals surface area contributed by atoms with Crippen LogP contribution in [0.1, 0.15) is 38.7 Å². The van der Waals surface area contributed by atoms with Gasteiger partial charge in [-0.3, -0.25) is 4.55 Å². The Labute approximate surface area is 224 Å². The maximum absolute atomic E-state index is 12.3. The van der Waals surface area contributed by atoms with Crippen molar-refractivity contribution in [3.8, 4) is 11.1 Å². The SMILES string of the molecule is CCCc1ccc2c(CCCCNS(=O)(=O)c3ccc(Cl)cc3)cc(S(=O)(=O)O)c-2cc1.[H-].[Na+]. The first kappa shape index (κ1) is 28.3. The summed E-state index contributed by atoms with van der Waals surface area (Å²) in [5.74, 6) is 0. The van der Waals surface area contributed by atoms with Crippen LogP contribution in [0.25, 0.3) is 11.1 Å². The zero-order valence-corrected chi connectivity index (χ0v) is 23.1. The van der Waals surface area contributed by atoms with Crippen molar-refractivity contribution in [1.29, 1.82) is 0 Å². The molecule has 0 saturated heterocycles. The molecule has 1 aromatic carbocycles. The molecule has 0 unspecified atom stereocenters. The fraction of sp³-hybridized carbons (Fsp3) is 0.304. The van der Waals surface area contributed by atoms with Gasteiger partial charge < -0.3 is 1.43 Å². The molecule has 1 aromatic rings. The van der Waals surface area contributed by atoms with Crippen molar-refractivity contribution in [2.75, 3.05) is 6.54 Å². The van der Waals surface area contributed by atoms with E-state index in [1.165, 1.54) is 30.3 Å². The topological polar surface area (TPSA) is 101 Å².